The molecule has 1 N–H and O–H groups in total. The number of hydrogen-bond donors (Lipinski definition) is 1. The van der Waals surface area contributed by atoms with Crippen LogP contribution in [-0.4, -0.2) is 20.6 Å². The predicted molar refractivity (Wildman–Crippen MR) is 102 cm³/mol. The molecule has 0 radical (unpaired) electrons. The highest BCUT2D eigenvalue weighted by Crippen LogP contribution is 2.19. The molecule has 0 saturated carbocycles. The number of nitro benzene ring substituents is 1. The number of aromatic nitrogens is 2. The number of amides is 1. The molecule has 0 aliphatic carbocycles. The minimum Gasteiger partial charge on any atom is -0.320 e. The van der Waals surface area contributed by atoms with Crippen LogP contribution >= 0.6 is 22.6 Å². The number of carbonyl (C=O) groups excluding carboxylic acids is 1. The van der Waals surface area contributed by atoms with Crippen molar-refractivity contribution in [3.63, 3.8) is 0 Å². The van der Waals surface area contributed by atoms with E-state index in [4.69, 9.17) is 0 Å². The van der Waals surface area contributed by atoms with Crippen LogP contribution in [0.5, 0.6) is 0 Å². The third-order valence-electron chi connectivity index (χ3n) is 3.56. The Bertz CT molecular complexity index is 968. The highest BCUT2D eigenvalue weighted by molar-refractivity contribution is 14.1. The van der Waals surface area contributed by atoms with Crippen molar-refractivity contribution < 1.29 is 9.72 Å². The third kappa shape index (κ3) is 3.85. The molecule has 126 valence electrons. The first-order valence-electron chi connectivity index (χ1n) is 7.32. The lowest BCUT2D eigenvalue weighted by atomic mass is 10.2. The molecule has 2 aromatic carbocycles. The number of halogens is 1. The van der Waals surface area contributed by atoms with Gasteiger partial charge in [0.25, 0.3) is 11.6 Å². The van der Waals surface area contributed by atoms with Gasteiger partial charge >= 0.3 is 0 Å². The van der Waals surface area contributed by atoms with Gasteiger partial charge in [-0.1, -0.05) is 6.07 Å². The van der Waals surface area contributed by atoms with Gasteiger partial charge in [-0.05, 0) is 65.4 Å². The van der Waals surface area contributed by atoms with E-state index in [1.807, 2.05) is 25.1 Å². The molecule has 1 amide bonds. The van der Waals surface area contributed by atoms with Crippen molar-refractivity contribution in [1.29, 1.82) is 0 Å². The first-order chi connectivity index (χ1) is 11.9. The molecule has 0 aliphatic heterocycles. The van der Waals surface area contributed by atoms with Crippen molar-refractivity contribution in [2.75, 3.05) is 5.32 Å². The van der Waals surface area contributed by atoms with Crippen molar-refractivity contribution in [3.05, 3.63) is 79.7 Å². The predicted octanol–water partition coefficient (Wildman–Crippen LogP) is 3.95. The van der Waals surface area contributed by atoms with E-state index in [1.165, 1.54) is 16.8 Å². The lowest BCUT2D eigenvalue weighted by Gasteiger charge is -2.07. The summed E-state index contributed by atoms with van der Waals surface area (Å²) < 4.78 is 2.52. The van der Waals surface area contributed by atoms with Gasteiger partial charge in [0.2, 0.25) is 0 Å². The van der Waals surface area contributed by atoms with Crippen molar-refractivity contribution in [3.8, 4) is 5.69 Å². The number of carbonyl (C=O) groups is 1. The van der Waals surface area contributed by atoms with E-state index in [0.29, 0.717) is 5.69 Å². The maximum absolute atomic E-state index is 12.4. The molecule has 7 nitrogen and oxygen atoms in total. The van der Waals surface area contributed by atoms with Gasteiger partial charge < -0.3 is 5.32 Å². The lowest BCUT2D eigenvalue weighted by Crippen LogP contribution is -2.14. The van der Waals surface area contributed by atoms with E-state index in [2.05, 4.69) is 33.0 Å². The lowest BCUT2D eigenvalue weighted by molar-refractivity contribution is -0.384. The number of rotatable bonds is 4. The maximum Gasteiger partial charge on any atom is 0.276 e. The van der Waals surface area contributed by atoms with Crippen LogP contribution in [0.3, 0.4) is 0 Å². The smallest absolute Gasteiger partial charge is 0.276 e. The maximum atomic E-state index is 12.4. The Morgan fingerprint density at radius 2 is 2.04 bits per heavy atom. The zero-order valence-corrected chi connectivity index (χ0v) is 15.3. The molecule has 0 aliphatic rings. The second kappa shape index (κ2) is 7.01. The average molecular weight is 448 g/mol. The average Bonchev–Trinajstić information content (AvgIpc) is 3.07. The summed E-state index contributed by atoms with van der Waals surface area (Å²) in [5.74, 6) is -0.339. The summed E-state index contributed by atoms with van der Waals surface area (Å²) in [4.78, 5) is 22.8. The van der Waals surface area contributed by atoms with Gasteiger partial charge in [-0.3, -0.25) is 14.9 Å². The standard InChI is InChI=1S/C17H13IN4O3/c1-11-9-12(18)5-6-15(11)19-17(23)16-7-8-21(20-16)13-3-2-4-14(10-13)22(24)25/h2-10H,1H3,(H,19,23). The topological polar surface area (TPSA) is 90.1 Å². The van der Waals surface area contributed by atoms with Gasteiger partial charge in [0.15, 0.2) is 5.69 Å². The van der Waals surface area contributed by atoms with Crippen LogP contribution in [0.2, 0.25) is 0 Å². The second-order valence-corrected chi connectivity index (χ2v) is 6.58. The number of anilines is 1. The second-order valence-electron chi connectivity index (χ2n) is 5.34. The minimum absolute atomic E-state index is 0.0338. The Hall–Kier alpha value is -2.75. The number of benzene rings is 2. The Kier molecular flexibility index (Phi) is 4.79. The number of nitrogens with one attached hydrogen (secondary N) is 1. The van der Waals surface area contributed by atoms with E-state index in [9.17, 15) is 14.9 Å². The van der Waals surface area contributed by atoms with Crippen molar-refractivity contribution in [1.82, 2.24) is 9.78 Å². The van der Waals surface area contributed by atoms with E-state index in [1.54, 1.807) is 24.4 Å². The fraction of sp³-hybridized carbons (Fsp3) is 0.0588. The van der Waals surface area contributed by atoms with E-state index in [0.717, 1.165) is 14.8 Å². The van der Waals surface area contributed by atoms with Gasteiger partial charge in [0.1, 0.15) is 0 Å². The zero-order chi connectivity index (χ0) is 18.0. The van der Waals surface area contributed by atoms with Gasteiger partial charge in [0.05, 0.1) is 10.6 Å². The molecule has 1 aromatic heterocycles. The number of nitro groups is 1. The van der Waals surface area contributed by atoms with Crippen molar-refractivity contribution in [2.24, 2.45) is 0 Å². The SMILES string of the molecule is Cc1cc(I)ccc1NC(=O)c1ccn(-c2cccc([N+](=O)[O-])c2)n1. The van der Waals surface area contributed by atoms with Crippen molar-refractivity contribution in [2.45, 2.75) is 6.92 Å². The van der Waals surface area contributed by atoms with E-state index in [-0.39, 0.29) is 17.3 Å². The summed E-state index contributed by atoms with van der Waals surface area (Å²) in [6, 6.07) is 13.3. The number of nitrogens with zero attached hydrogens (tertiary/aromatic N) is 3. The van der Waals surface area contributed by atoms with Gasteiger partial charge in [-0.25, -0.2) is 4.68 Å². The molecule has 0 atom stereocenters. The molecule has 0 unspecified atom stereocenters. The third-order valence-corrected chi connectivity index (χ3v) is 4.23. The number of hydrogen-bond acceptors (Lipinski definition) is 4. The van der Waals surface area contributed by atoms with Crippen LogP contribution in [0.1, 0.15) is 16.1 Å². The van der Waals surface area contributed by atoms with Crippen LogP contribution in [0, 0.1) is 20.6 Å². The Morgan fingerprint density at radius 1 is 1.24 bits per heavy atom. The Labute approximate surface area is 157 Å². The highest BCUT2D eigenvalue weighted by atomic mass is 127. The number of non-ortho nitro benzene ring substituents is 1. The van der Waals surface area contributed by atoms with Crippen LogP contribution in [0.15, 0.2) is 54.7 Å². The first-order valence-corrected chi connectivity index (χ1v) is 8.40. The van der Waals surface area contributed by atoms with Gasteiger partial charge in [0, 0.05) is 27.6 Å². The fourth-order valence-electron chi connectivity index (χ4n) is 2.29. The molecule has 25 heavy (non-hydrogen) atoms. The van der Waals surface area contributed by atoms with Crippen molar-refractivity contribution >= 4 is 39.9 Å². The summed E-state index contributed by atoms with van der Waals surface area (Å²) in [5.41, 5.74) is 2.38. The summed E-state index contributed by atoms with van der Waals surface area (Å²) in [6.07, 6.45) is 1.59. The molecular formula is C17H13IN4O3. The molecule has 1 heterocycles. The summed E-state index contributed by atoms with van der Waals surface area (Å²) in [6.45, 7) is 1.92. The normalized spacial score (nSPS) is 10.5. The first kappa shape index (κ1) is 17.1. The summed E-state index contributed by atoms with van der Waals surface area (Å²) in [7, 11) is 0. The molecule has 0 saturated heterocycles. The molecule has 0 fully saturated rings. The van der Waals surface area contributed by atoms with E-state index < -0.39 is 4.92 Å². The van der Waals surface area contributed by atoms with Crippen LogP contribution in [0.4, 0.5) is 11.4 Å². The number of aryl methyl sites for hydroxylation is 1. The largest absolute Gasteiger partial charge is 0.320 e. The summed E-state index contributed by atoms with van der Waals surface area (Å²) in [5, 5.41) is 17.9. The molecule has 0 bridgehead atoms. The van der Waals surface area contributed by atoms with E-state index >= 15 is 0 Å². The van der Waals surface area contributed by atoms with Gasteiger partial charge in [-0.2, -0.15) is 5.10 Å². The van der Waals surface area contributed by atoms with Crippen LogP contribution in [0.25, 0.3) is 5.69 Å². The van der Waals surface area contributed by atoms with Gasteiger partial charge in [-0.15, -0.1) is 0 Å². The molecule has 3 rings (SSSR count). The van der Waals surface area contributed by atoms with Crippen LogP contribution in [-0.2, 0) is 0 Å². The molecule has 3 aromatic rings. The summed E-state index contributed by atoms with van der Waals surface area (Å²) >= 11 is 2.21. The monoisotopic (exact) mass is 448 g/mol. The molecule has 8 heteroatoms. The quantitative estimate of drug-likeness (QED) is 0.372. The highest BCUT2D eigenvalue weighted by Gasteiger charge is 2.13. The Balaban J connectivity index is 1.82. The minimum atomic E-state index is -0.472. The molecular weight excluding hydrogens is 435 g/mol. The zero-order valence-electron chi connectivity index (χ0n) is 13.1. The van der Waals surface area contributed by atoms with Crippen LogP contribution < -0.4 is 5.32 Å². The fourth-order valence-corrected chi connectivity index (χ4v) is 2.94. The Morgan fingerprint density at radius 3 is 2.76 bits per heavy atom. The molecule has 0 spiro atoms.